The van der Waals surface area contributed by atoms with E-state index in [0.717, 1.165) is 10.0 Å². The standard InChI is InChI=1S/C13H10BrN3/c14-11-6-4-10(5-7-11)9-16-13-3-1-2-12(8-15)17-13/h1-7H,9H2,(H,16,17). The van der Waals surface area contributed by atoms with Gasteiger partial charge in [-0.1, -0.05) is 34.1 Å². The summed E-state index contributed by atoms with van der Waals surface area (Å²) < 4.78 is 1.06. The van der Waals surface area contributed by atoms with Gasteiger partial charge in [0.15, 0.2) is 0 Å². The number of nitrogens with one attached hydrogen (secondary N) is 1. The number of rotatable bonds is 3. The van der Waals surface area contributed by atoms with Crippen molar-refractivity contribution in [1.29, 1.82) is 5.26 Å². The molecule has 0 unspecified atom stereocenters. The number of aromatic nitrogens is 1. The molecule has 0 radical (unpaired) electrons. The van der Waals surface area contributed by atoms with E-state index in [-0.39, 0.29) is 0 Å². The van der Waals surface area contributed by atoms with Crippen molar-refractivity contribution in [2.75, 3.05) is 5.32 Å². The van der Waals surface area contributed by atoms with Crippen LogP contribution in [0.3, 0.4) is 0 Å². The van der Waals surface area contributed by atoms with Crippen molar-refractivity contribution < 1.29 is 0 Å². The van der Waals surface area contributed by atoms with Gasteiger partial charge in [0, 0.05) is 11.0 Å². The Balaban J connectivity index is 2.02. The van der Waals surface area contributed by atoms with Crippen molar-refractivity contribution in [3.63, 3.8) is 0 Å². The number of pyridine rings is 1. The van der Waals surface area contributed by atoms with Crippen LogP contribution in [0.25, 0.3) is 0 Å². The molecule has 17 heavy (non-hydrogen) atoms. The lowest BCUT2D eigenvalue weighted by Crippen LogP contribution is -2.01. The van der Waals surface area contributed by atoms with E-state index in [1.165, 1.54) is 0 Å². The normalized spacial score (nSPS) is 9.65. The van der Waals surface area contributed by atoms with E-state index in [4.69, 9.17) is 5.26 Å². The number of nitrogens with zero attached hydrogens (tertiary/aromatic N) is 2. The van der Waals surface area contributed by atoms with Gasteiger partial charge in [-0.05, 0) is 29.8 Å². The minimum atomic E-state index is 0.422. The highest BCUT2D eigenvalue weighted by molar-refractivity contribution is 9.10. The fourth-order valence-corrected chi connectivity index (χ4v) is 1.65. The highest BCUT2D eigenvalue weighted by atomic mass is 79.9. The minimum absolute atomic E-state index is 0.422. The predicted molar refractivity (Wildman–Crippen MR) is 70.4 cm³/mol. The monoisotopic (exact) mass is 287 g/mol. The second-order valence-corrected chi connectivity index (χ2v) is 4.42. The maximum Gasteiger partial charge on any atom is 0.142 e. The molecule has 0 aliphatic carbocycles. The van der Waals surface area contributed by atoms with Crippen LogP contribution in [-0.4, -0.2) is 4.98 Å². The number of nitriles is 1. The maximum absolute atomic E-state index is 8.73. The molecule has 1 heterocycles. The molecular weight excluding hydrogens is 278 g/mol. The molecule has 0 aliphatic rings. The topological polar surface area (TPSA) is 48.7 Å². The van der Waals surface area contributed by atoms with Crippen LogP contribution in [-0.2, 0) is 6.54 Å². The van der Waals surface area contributed by atoms with Crippen molar-refractivity contribution in [2.24, 2.45) is 0 Å². The summed E-state index contributed by atoms with van der Waals surface area (Å²) in [4.78, 5) is 4.14. The molecule has 3 nitrogen and oxygen atoms in total. The summed E-state index contributed by atoms with van der Waals surface area (Å²) in [6.45, 7) is 0.690. The van der Waals surface area contributed by atoms with Gasteiger partial charge in [0.2, 0.25) is 0 Å². The van der Waals surface area contributed by atoms with Crippen LogP contribution in [0.5, 0.6) is 0 Å². The molecule has 84 valence electrons. The Bertz CT molecular complexity index is 543. The molecule has 1 N–H and O–H groups in total. The number of hydrogen-bond donors (Lipinski definition) is 1. The van der Waals surface area contributed by atoms with Crippen LogP contribution in [0.1, 0.15) is 11.3 Å². The summed E-state index contributed by atoms with van der Waals surface area (Å²) in [5, 5.41) is 11.9. The first-order chi connectivity index (χ1) is 8.28. The molecule has 0 aliphatic heterocycles. The van der Waals surface area contributed by atoms with Crippen molar-refractivity contribution in [3.8, 4) is 6.07 Å². The molecule has 0 saturated carbocycles. The first-order valence-electron chi connectivity index (χ1n) is 5.13. The fraction of sp³-hybridized carbons (Fsp3) is 0.0769. The zero-order chi connectivity index (χ0) is 12.1. The maximum atomic E-state index is 8.73. The molecule has 0 saturated heterocycles. The van der Waals surface area contributed by atoms with Crippen LogP contribution in [0.2, 0.25) is 0 Å². The van der Waals surface area contributed by atoms with E-state index in [2.05, 4.69) is 26.2 Å². The Morgan fingerprint density at radius 2 is 1.94 bits per heavy atom. The third-order valence-corrected chi connectivity index (χ3v) is 2.78. The Hall–Kier alpha value is -1.86. The predicted octanol–water partition coefficient (Wildman–Crippen LogP) is 3.33. The third-order valence-electron chi connectivity index (χ3n) is 2.25. The van der Waals surface area contributed by atoms with Crippen molar-refractivity contribution >= 4 is 21.7 Å². The molecule has 0 fully saturated rings. The average molecular weight is 288 g/mol. The molecular formula is C13H10BrN3. The largest absolute Gasteiger partial charge is 0.366 e. The van der Waals surface area contributed by atoms with Gasteiger partial charge in [0.05, 0.1) is 0 Å². The minimum Gasteiger partial charge on any atom is -0.366 e. The van der Waals surface area contributed by atoms with Gasteiger partial charge in [-0.25, -0.2) is 4.98 Å². The molecule has 4 heteroatoms. The van der Waals surface area contributed by atoms with Gasteiger partial charge in [-0.2, -0.15) is 5.26 Å². The van der Waals surface area contributed by atoms with Gasteiger partial charge in [0.25, 0.3) is 0 Å². The summed E-state index contributed by atoms with van der Waals surface area (Å²) in [5.41, 5.74) is 1.59. The Kier molecular flexibility index (Phi) is 3.73. The van der Waals surface area contributed by atoms with Crippen LogP contribution >= 0.6 is 15.9 Å². The summed E-state index contributed by atoms with van der Waals surface area (Å²) in [5.74, 6) is 0.715. The quantitative estimate of drug-likeness (QED) is 0.942. The van der Waals surface area contributed by atoms with Crippen LogP contribution in [0, 0.1) is 11.3 Å². The highest BCUT2D eigenvalue weighted by Crippen LogP contribution is 2.12. The van der Waals surface area contributed by atoms with Crippen LogP contribution < -0.4 is 5.32 Å². The summed E-state index contributed by atoms with van der Waals surface area (Å²) in [6, 6.07) is 15.4. The zero-order valence-electron chi connectivity index (χ0n) is 9.02. The van der Waals surface area contributed by atoms with Crippen LogP contribution in [0.4, 0.5) is 5.82 Å². The second kappa shape index (κ2) is 5.46. The molecule has 0 atom stereocenters. The third kappa shape index (κ3) is 3.30. The number of halogens is 1. The average Bonchev–Trinajstić information content (AvgIpc) is 2.38. The Labute approximate surface area is 108 Å². The second-order valence-electron chi connectivity index (χ2n) is 3.50. The van der Waals surface area contributed by atoms with Crippen molar-refractivity contribution in [3.05, 3.63) is 58.2 Å². The number of hydrogen-bond acceptors (Lipinski definition) is 3. The van der Waals surface area contributed by atoms with Gasteiger partial charge >= 0.3 is 0 Å². The number of benzene rings is 1. The van der Waals surface area contributed by atoms with E-state index < -0.39 is 0 Å². The van der Waals surface area contributed by atoms with Crippen molar-refractivity contribution in [2.45, 2.75) is 6.54 Å². The lowest BCUT2D eigenvalue weighted by atomic mass is 10.2. The molecule has 0 amide bonds. The van der Waals surface area contributed by atoms with E-state index in [0.29, 0.717) is 18.1 Å². The molecule has 2 aromatic rings. The molecule has 1 aromatic heterocycles. The smallest absolute Gasteiger partial charge is 0.142 e. The fourth-order valence-electron chi connectivity index (χ4n) is 1.39. The zero-order valence-corrected chi connectivity index (χ0v) is 10.6. The lowest BCUT2D eigenvalue weighted by Gasteiger charge is -2.05. The Morgan fingerprint density at radius 3 is 2.65 bits per heavy atom. The summed E-state index contributed by atoms with van der Waals surface area (Å²) in [6.07, 6.45) is 0. The van der Waals surface area contributed by atoms with E-state index in [1.807, 2.05) is 42.5 Å². The van der Waals surface area contributed by atoms with E-state index in [1.54, 1.807) is 6.07 Å². The molecule has 2 rings (SSSR count). The first kappa shape index (κ1) is 11.6. The molecule has 1 aromatic carbocycles. The van der Waals surface area contributed by atoms with Crippen molar-refractivity contribution in [1.82, 2.24) is 4.98 Å². The van der Waals surface area contributed by atoms with Gasteiger partial charge < -0.3 is 5.32 Å². The van der Waals surface area contributed by atoms with E-state index >= 15 is 0 Å². The molecule has 0 bridgehead atoms. The number of anilines is 1. The van der Waals surface area contributed by atoms with Gasteiger partial charge in [-0.3, -0.25) is 0 Å². The molecule has 0 spiro atoms. The SMILES string of the molecule is N#Cc1cccc(NCc2ccc(Br)cc2)n1. The van der Waals surface area contributed by atoms with Gasteiger partial charge in [0.1, 0.15) is 17.6 Å². The van der Waals surface area contributed by atoms with Gasteiger partial charge in [-0.15, -0.1) is 0 Å². The lowest BCUT2D eigenvalue weighted by molar-refractivity contribution is 1.10. The summed E-state index contributed by atoms with van der Waals surface area (Å²) >= 11 is 3.39. The summed E-state index contributed by atoms with van der Waals surface area (Å²) in [7, 11) is 0. The van der Waals surface area contributed by atoms with E-state index in [9.17, 15) is 0 Å². The first-order valence-corrected chi connectivity index (χ1v) is 5.93. The highest BCUT2D eigenvalue weighted by Gasteiger charge is 1.97. The van der Waals surface area contributed by atoms with Crippen LogP contribution in [0.15, 0.2) is 46.9 Å². The Morgan fingerprint density at radius 1 is 1.18 bits per heavy atom.